The Kier molecular flexibility index (Phi) is 1.90. The van der Waals surface area contributed by atoms with Crippen LogP contribution in [0, 0.1) is 0 Å². The maximum absolute atomic E-state index is 7.37. The van der Waals surface area contributed by atoms with Crippen molar-refractivity contribution in [1.29, 1.82) is 0 Å². The lowest BCUT2D eigenvalue weighted by atomic mass is 10.2. The number of nitrogens with one attached hydrogen (secondary N) is 1. The first-order valence-corrected chi connectivity index (χ1v) is 4.12. The zero-order valence-electron chi connectivity index (χ0n) is 7.79. The molecule has 1 unspecified atom stereocenters. The standard InChI is InChI=1S/C9H12N2O/c1-2-5-10-9(3-1)11-7-8-4-6-12-8/h1-3,5,8H,4,6-7H2,(H,10,11)/i1D. The summed E-state index contributed by atoms with van der Waals surface area (Å²) in [5, 5.41) is 0. The molecule has 1 fully saturated rings. The second-order valence-electron chi connectivity index (χ2n) is 2.80. The monoisotopic (exact) mass is 165 g/mol. The molecule has 64 valence electrons. The number of hydrogen-bond acceptors (Lipinski definition) is 2. The van der Waals surface area contributed by atoms with Crippen LogP contribution in [0.5, 0.6) is 0 Å². The summed E-state index contributed by atoms with van der Waals surface area (Å²) in [4.78, 5) is 7.26. The average Bonchev–Trinajstić information content (AvgIpc) is 2.01. The summed E-state index contributed by atoms with van der Waals surface area (Å²) >= 11 is 0. The minimum absolute atomic E-state index is 0.294. The van der Waals surface area contributed by atoms with E-state index in [1.807, 2.05) is 0 Å². The van der Waals surface area contributed by atoms with Crippen LogP contribution in [0.4, 0.5) is 0 Å². The number of aromatic nitrogens is 1. The number of H-pyrrole nitrogens is 1. The predicted molar refractivity (Wildman–Crippen MR) is 45.6 cm³/mol. The minimum atomic E-state index is 0.294. The molecule has 1 atom stereocenters. The largest absolute Gasteiger partial charge is 0.376 e. The Bertz CT molecular complexity index is 343. The summed E-state index contributed by atoms with van der Waals surface area (Å²) in [6.07, 6.45) is 3.12. The molecule has 1 aliphatic rings. The quantitative estimate of drug-likeness (QED) is 0.688. The molecule has 0 aromatic carbocycles. The van der Waals surface area contributed by atoms with Crippen molar-refractivity contribution in [2.45, 2.75) is 12.5 Å². The van der Waals surface area contributed by atoms with Gasteiger partial charge in [0.05, 0.1) is 14.0 Å². The molecule has 3 nitrogen and oxygen atoms in total. The highest BCUT2D eigenvalue weighted by Gasteiger charge is 2.16. The van der Waals surface area contributed by atoms with Crippen molar-refractivity contribution in [1.82, 2.24) is 4.98 Å². The van der Waals surface area contributed by atoms with Crippen LogP contribution in [0.15, 0.2) is 29.4 Å². The van der Waals surface area contributed by atoms with Crippen LogP contribution >= 0.6 is 0 Å². The molecule has 2 heterocycles. The van der Waals surface area contributed by atoms with Gasteiger partial charge in [-0.2, -0.15) is 0 Å². The molecule has 0 amide bonds. The number of rotatable bonds is 2. The molecule has 1 saturated heterocycles. The molecule has 12 heavy (non-hydrogen) atoms. The van der Waals surface area contributed by atoms with E-state index in [1.165, 1.54) is 0 Å². The van der Waals surface area contributed by atoms with Crippen molar-refractivity contribution < 1.29 is 6.11 Å². The Hall–Kier alpha value is -1.09. The van der Waals surface area contributed by atoms with E-state index in [4.69, 9.17) is 6.11 Å². The molecule has 0 bridgehead atoms. The van der Waals surface area contributed by atoms with Crippen LogP contribution in [0.3, 0.4) is 0 Å². The van der Waals surface area contributed by atoms with Crippen molar-refractivity contribution >= 4 is 0 Å². The first-order valence-electron chi connectivity index (χ1n) is 4.62. The van der Waals surface area contributed by atoms with E-state index in [0.29, 0.717) is 18.7 Å². The van der Waals surface area contributed by atoms with E-state index in [9.17, 15) is 0 Å². The summed E-state index contributed by atoms with van der Waals surface area (Å²) < 4.78 is 12.6. The number of hydrogen-bond donors (Lipinski definition) is 1. The van der Waals surface area contributed by atoms with Gasteiger partial charge >= 0.3 is 0 Å². The predicted octanol–water partition coefficient (Wildman–Crippen LogP) is 0.704. The molecular formula is C9H12N2O. The highest BCUT2D eigenvalue weighted by Crippen LogP contribution is 2.09. The minimum Gasteiger partial charge on any atom is -0.376 e. The van der Waals surface area contributed by atoms with Crippen LogP contribution in [-0.2, 0) is 4.74 Å². The van der Waals surface area contributed by atoms with Crippen molar-refractivity contribution in [3.05, 3.63) is 29.9 Å². The van der Waals surface area contributed by atoms with E-state index >= 15 is 0 Å². The van der Waals surface area contributed by atoms with Crippen molar-refractivity contribution in [2.24, 2.45) is 4.99 Å². The van der Waals surface area contributed by atoms with Gasteiger partial charge in [0.1, 0.15) is 5.49 Å². The summed E-state index contributed by atoms with van der Waals surface area (Å²) in [5.41, 5.74) is 0.753. The van der Waals surface area contributed by atoms with E-state index < -0.39 is 0 Å². The molecule has 1 N–H and O–H groups in total. The van der Waals surface area contributed by atoms with Crippen LogP contribution in [0.2, 0.25) is 0 Å². The van der Waals surface area contributed by atoms with Crippen LogP contribution in [0.1, 0.15) is 7.79 Å². The van der Waals surface area contributed by atoms with Gasteiger partial charge in [0.15, 0.2) is 0 Å². The third-order valence-electron chi connectivity index (χ3n) is 1.89. The average molecular weight is 165 g/mol. The maximum atomic E-state index is 7.37. The lowest BCUT2D eigenvalue weighted by Crippen LogP contribution is -2.30. The summed E-state index contributed by atoms with van der Waals surface area (Å²) in [5.74, 6) is 0. The Morgan fingerprint density at radius 1 is 1.83 bits per heavy atom. The summed E-state index contributed by atoms with van der Waals surface area (Å²) in [6, 6.07) is 3.88. The van der Waals surface area contributed by atoms with Crippen molar-refractivity contribution in [3.63, 3.8) is 0 Å². The first kappa shape index (κ1) is 6.43. The Morgan fingerprint density at radius 2 is 2.75 bits per heavy atom. The number of ether oxygens (including phenoxy) is 1. The van der Waals surface area contributed by atoms with Gasteiger partial charge < -0.3 is 9.72 Å². The SMILES string of the molecule is [2H]c1cc[nH]c(=NCC2CCO2)c1. The molecule has 1 aliphatic heterocycles. The topological polar surface area (TPSA) is 37.4 Å². The molecule has 0 saturated carbocycles. The third-order valence-corrected chi connectivity index (χ3v) is 1.89. The van der Waals surface area contributed by atoms with Gasteiger partial charge in [-0.05, 0) is 18.6 Å². The summed E-state index contributed by atoms with van der Waals surface area (Å²) in [6.45, 7) is 1.56. The second-order valence-corrected chi connectivity index (χ2v) is 2.80. The van der Waals surface area contributed by atoms with E-state index in [2.05, 4.69) is 9.98 Å². The summed E-state index contributed by atoms with van der Waals surface area (Å²) in [7, 11) is 0. The highest BCUT2D eigenvalue weighted by molar-refractivity contribution is 4.89. The van der Waals surface area contributed by atoms with Gasteiger partial charge in [0.25, 0.3) is 0 Å². The second kappa shape index (κ2) is 3.54. The maximum Gasteiger partial charge on any atom is 0.124 e. The Morgan fingerprint density at radius 3 is 3.42 bits per heavy atom. The first-order chi connectivity index (χ1) is 6.34. The molecule has 1 aromatic rings. The van der Waals surface area contributed by atoms with Crippen LogP contribution < -0.4 is 5.49 Å². The van der Waals surface area contributed by atoms with Crippen molar-refractivity contribution in [2.75, 3.05) is 13.2 Å². The molecule has 0 radical (unpaired) electrons. The van der Waals surface area contributed by atoms with Gasteiger partial charge in [-0.15, -0.1) is 0 Å². The number of nitrogens with zero attached hydrogens (tertiary/aromatic N) is 1. The Labute approximate surface area is 72.5 Å². The van der Waals surface area contributed by atoms with Gasteiger partial charge in [-0.3, -0.25) is 4.99 Å². The van der Waals surface area contributed by atoms with Gasteiger partial charge in [0.2, 0.25) is 0 Å². The van der Waals surface area contributed by atoms with Crippen LogP contribution in [0.25, 0.3) is 0 Å². The molecule has 1 aromatic heterocycles. The van der Waals surface area contributed by atoms with E-state index in [0.717, 1.165) is 18.5 Å². The molecule has 3 heteroatoms. The molecular weight excluding hydrogens is 152 g/mol. The van der Waals surface area contributed by atoms with Crippen molar-refractivity contribution in [3.8, 4) is 0 Å². The van der Waals surface area contributed by atoms with Gasteiger partial charge in [-0.1, -0.05) is 6.04 Å². The third kappa shape index (κ3) is 1.74. The fraction of sp³-hybridized carbons (Fsp3) is 0.444. The number of pyridine rings is 1. The number of aromatic amines is 1. The fourth-order valence-corrected chi connectivity index (χ4v) is 1.06. The zero-order valence-corrected chi connectivity index (χ0v) is 6.79. The molecule has 2 rings (SSSR count). The lowest BCUT2D eigenvalue weighted by Gasteiger charge is -2.24. The Balaban J connectivity index is 2.05. The molecule has 0 spiro atoms. The fourth-order valence-electron chi connectivity index (χ4n) is 1.06. The molecule has 0 aliphatic carbocycles. The van der Waals surface area contributed by atoms with E-state index in [-0.39, 0.29) is 0 Å². The highest BCUT2D eigenvalue weighted by atomic mass is 16.5. The van der Waals surface area contributed by atoms with Crippen LogP contribution in [-0.4, -0.2) is 24.2 Å². The zero-order chi connectivity index (χ0) is 9.10. The van der Waals surface area contributed by atoms with Gasteiger partial charge in [0, 0.05) is 12.8 Å². The van der Waals surface area contributed by atoms with E-state index in [1.54, 1.807) is 18.3 Å². The smallest absolute Gasteiger partial charge is 0.124 e. The normalized spacial score (nSPS) is 24.8. The van der Waals surface area contributed by atoms with Gasteiger partial charge in [-0.25, -0.2) is 0 Å². The lowest BCUT2D eigenvalue weighted by molar-refractivity contribution is -0.0436.